The summed E-state index contributed by atoms with van der Waals surface area (Å²) >= 11 is 0. The summed E-state index contributed by atoms with van der Waals surface area (Å²) in [5.41, 5.74) is 4.66. The summed E-state index contributed by atoms with van der Waals surface area (Å²) in [6, 6.07) is 12.9. The van der Waals surface area contributed by atoms with Crippen LogP contribution in [0.2, 0.25) is 0 Å². The first-order valence-electron chi connectivity index (χ1n) is 11.2. The summed E-state index contributed by atoms with van der Waals surface area (Å²) in [7, 11) is 1.96. The number of rotatable bonds is 7. The Bertz CT molecular complexity index is 1490. The number of ether oxygens (including phenoxy) is 1. The second-order valence-corrected chi connectivity index (χ2v) is 8.22. The van der Waals surface area contributed by atoms with Crippen LogP contribution in [0, 0.1) is 19.7 Å². The van der Waals surface area contributed by atoms with E-state index in [-0.39, 0.29) is 0 Å². The molecule has 0 amide bonds. The third-order valence-corrected chi connectivity index (χ3v) is 6.01. The van der Waals surface area contributed by atoms with Gasteiger partial charge in [0.1, 0.15) is 17.0 Å². The van der Waals surface area contributed by atoms with Gasteiger partial charge >= 0.3 is 0 Å². The summed E-state index contributed by atoms with van der Waals surface area (Å²) in [6.45, 7) is 7.56. The van der Waals surface area contributed by atoms with Gasteiger partial charge in [-0.2, -0.15) is 10.2 Å². The number of para-hydroxylation sites is 2. The smallest absolute Gasteiger partial charge is 0.179 e. The second-order valence-electron chi connectivity index (χ2n) is 8.22. The molecule has 8 nitrogen and oxygen atoms in total. The van der Waals surface area contributed by atoms with Gasteiger partial charge in [-0.3, -0.25) is 0 Å². The van der Waals surface area contributed by atoms with Crippen LogP contribution in [-0.4, -0.2) is 49.7 Å². The molecule has 5 aromatic rings. The van der Waals surface area contributed by atoms with Crippen molar-refractivity contribution < 1.29 is 9.13 Å². The van der Waals surface area contributed by atoms with Crippen molar-refractivity contribution in [2.45, 2.75) is 27.3 Å². The number of hydrogen-bond acceptors (Lipinski definition) is 6. The summed E-state index contributed by atoms with van der Waals surface area (Å²) in [6.07, 6.45) is 1.85. The van der Waals surface area contributed by atoms with Crippen molar-refractivity contribution in [3.63, 3.8) is 0 Å². The maximum atomic E-state index is 14.9. The van der Waals surface area contributed by atoms with E-state index < -0.39 is 5.82 Å². The van der Waals surface area contributed by atoms with E-state index in [0.717, 1.165) is 34.4 Å². The van der Waals surface area contributed by atoms with Crippen molar-refractivity contribution in [3.8, 4) is 11.4 Å². The van der Waals surface area contributed by atoms with Gasteiger partial charge in [0.05, 0.1) is 40.7 Å². The fourth-order valence-corrected chi connectivity index (χ4v) is 4.27. The van der Waals surface area contributed by atoms with Gasteiger partial charge in [-0.25, -0.2) is 14.1 Å². The van der Waals surface area contributed by atoms with Crippen LogP contribution in [-0.2, 0) is 6.54 Å². The Kier molecular flexibility index (Phi) is 5.61. The molecule has 34 heavy (non-hydrogen) atoms. The molecule has 0 aliphatic rings. The third-order valence-electron chi connectivity index (χ3n) is 6.01. The molecule has 3 heterocycles. The highest BCUT2D eigenvalue weighted by atomic mass is 19.1. The van der Waals surface area contributed by atoms with E-state index >= 15 is 0 Å². The lowest BCUT2D eigenvalue weighted by Gasteiger charge is -2.18. The topological polar surface area (TPSA) is 73.9 Å². The monoisotopic (exact) mass is 459 g/mol. The van der Waals surface area contributed by atoms with Crippen LogP contribution in [0.5, 0.6) is 5.75 Å². The number of aromatic nitrogens is 6. The summed E-state index contributed by atoms with van der Waals surface area (Å²) in [5, 5.41) is 14.5. The molecule has 0 bridgehead atoms. The highest BCUT2D eigenvalue weighted by molar-refractivity contribution is 5.92. The van der Waals surface area contributed by atoms with E-state index in [2.05, 4.69) is 25.8 Å². The lowest BCUT2D eigenvalue weighted by atomic mass is 10.2. The van der Waals surface area contributed by atoms with Crippen LogP contribution < -0.4 is 9.64 Å². The number of aryl methyl sites for hydroxylation is 2. The van der Waals surface area contributed by atoms with Gasteiger partial charge in [0.15, 0.2) is 11.6 Å². The Hall–Kier alpha value is -4.01. The zero-order valence-electron chi connectivity index (χ0n) is 19.7. The van der Waals surface area contributed by atoms with Crippen molar-refractivity contribution in [2.24, 2.45) is 0 Å². The second kappa shape index (κ2) is 8.74. The number of fused-ring (bicyclic) bond motifs is 2. The Morgan fingerprint density at radius 1 is 1.09 bits per heavy atom. The van der Waals surface area contributed by atoms with Gasteiger partial charge < -0.3 is 14.2 Å². The number of halogens is 1. The highest BCUT2D eigenvalue weighted by Gasteiger charge is 2.21. The van der Waals surface area contributed by atoms with Crippen molar-refractivity contribution in [2.75, 3.05) is 25.1 Å². The molecular weight excluding hydrogens is 433 g/mol. The van der Waals surface area contributed by atoms with Gasteiger partial charge in [-0.15, -0.1) is 5.10 Å². The Balaban J connectivity index is 1.49. The molecule has 0 aliphatic heterocycles. The maximum Gasteiger partial charge on any atom is 0.179 e. The fraction of sp³-hybridized carbons (Fsp3) is 0.280. The summed E-state index contributed by atoms with van der Waals surface area (Å²) in [5.74, 6) is 0.741. The van der Waals surface area contributed by atoms with Crippen molar-refractivity contribution in [3.05, 3.63) is 66.0 Å². The maximum absolute atomic E-state index is 14.9. The lowest BCUT2D eigenvalue weighted by molar-refractivity contribution is 0.338. The Labute approximate surface area is 196 Å². The largest absolute Gasteiger partial charge is 0.494 e. The van der Waals surface area contributed by atoms with E-state index in [1.54, 1.807) is 16.8 Å². The van der Waals surface area contributed by atoms with E-state index in [9.17, 15) is 4.39 Å². The number of anilines is 1. The summed E-state index contributed by atoms with van der Waals surface area (Å²) < 4.78 is 24.1. The normalized spacial score (nSPS) is 11.4. The molecule has 0 saturated heterocycles. The van der Waals surface area contributed by atoms with Crippen LogP contribution in [0.25, 0.3) is 27.6 Å². The number of likely N-dealkylation sites (N-methyl/N-ethyl adjacent to an activating group) is 1. The van der Waals surface area contributed by atoms with Crippen LogP contribution in [0.1, 0.15) is 18.3 Å². The molecule has 0 aliphatic carbocycles. The fourth-order valence-electron chi connectivity index (χ4n) is 4.27. The van der Waals surface area contributed by atoms with Crippen molar-refractivity contribution in [1.82, 2.24) is 29.5 Å². The third kappa shape index (κ3) is 3.72. The SMILES string of the molecule is CCOc1ccc(-n2nc3c(N(C)CCn4cnc5ccccc54)nnc(C)c3c2C)c(F)c1. The van der Waals surface area contributed by atoms with Gasteiger partial charge in [-0.1, -0.05) is 12.1 Å². The minimum atomic E-state index is -0.401. The molecule has 2 aromatic carbocycles. The first-order chi connectivity index (χ1) is 16.5. The highest BCUT2D eigenvalue weighted by Crippen LogP contribution is 2.30. The average Bonchev–Trinajstić information content (AvgIpc) is 3.40. The first kappa shape index (κ1) is 21.8. The molecule has 0 saturated carbocycles. The number of nitrogens with zero attached hydrogens (tertiary/aromatic N) is 7. The zero-order chi connectivity index (χ0) is 23.8. The molecule has 9 heteroatoms. The molecule has 0 unspecified atom stereocenters. The van der Waals surface area contributed by atoms with E-state index in [0.29, 0.717) is 35.9 Å². The van der Waals surface area contributed by atoms with Gasteiger partial charge in [0.2, 0.25) is 0 Å². The predicted octanol–water partition coefficient (Wildman–Crippen LogP) is 4.46. The quantitative estimate of drug-likeness (QED) is 0.358. The van der Waals surface area contributed by atoms with Gasteiger partial charge in [0, 0.05) is 26.2 Å². The number of hydrogen-bond donors (Lipinski definition) is 0. The Morgan fingerprint density at radius 2 is 1.91 bits per heavy atom. The number of benzene rings is 2. The molecular formula is C25H26FN7O. The molecule has 3 aromatic heterocycles. The molecule has 0 atom stereocenters. The lowest BCUT2D eigenvalue weighted by Crippen LogP contribution is -2.24. The van der Waals surface area contributed by atoms with E-state index in [4.69, 9.17) is 9.84 Å². The first-order valence-corrected chi connectivity index (χ1v) is 11.2. The number of imidazole rings is 1. The molecule has 0 fully saturated rings. The minimum Gasteiger partial charge on any atom is -0.494 e. The van der Waals surface area contributed by atoms with Crippen LogP contribution >= 0.6 is 0 Å². The predicted molar refractivity (Wildman–Crippen MR) is 130 cm³/mol. The van der Waals surface area contributed by atoms with Crippen molar-refractivity contribution >= 4 is 27.8 Å². The molecule has 0 N–H and O–H groups in total. The zero-order valence-corrected chi connectivity index (χ0v) is 19.7. The molecule has 5 rings (SSSR count). The average molecular weight is 460 g/mol. The van der Waals surface area contributed by atoms with Crippen LogP contribution in [0.4, 0.5) is 10.2 Å². The van der Waals surface area contributed by atoms with Crippen LogP contribution in [0.15, 0.2) is 48.8 Å². The van der Waals surface area contributed by atoms with Crippen molar-refractivity contribution in [1.29, 1.82) is 0 Å². The van der Waals surface area contributed by atoms with E-state index in [1.165, 1.54) is 6.07 Å². The standard InChI is InChI=1S/C25H26FN7O/c1-5-34-18-10-11-21(19(26)14-18)33-17(3)23-16(2)28-29-25(24(23)30-33)31(4)12-13-32-15-27-20-8-6-7-9-22(20)32/h6-11,14-15H,5,12-13H2,1-4H3. The molecule has 174 valence electrons. The molecule has 0 spiro atoms. The van der Waals surface area contributed by atoms with Gasteiger partial charge in [0.25, 0.3) is 0 Å². The van der Waals surface area contributed by atoms with Gasteiger partial charge in [-0.05, 0) is 45.0 Å². The summed E-state index contributed by atoms with van der Waals surface area (Å²) in [4.78, 5) is 6.48. The Morgan fingerprint density at radius 3 is 2.71 bits per heavy atom. The minimum absolute atomic E-state index is 0.357. The van der Waals surface area contributed by atoms with Crippen LogP contribution in [0.3, 0.4) is 0 Å². The molecule has 0 radical (unpaired) electrons. The van der Waals surface area contributed by atoms with E-state index in [1.807, 2.05) is 57.2 Å².